The van der Waals surface area contributed by atoms with Crippen LogP contribution in [0.2, 0.25) is 0 Å². The Morgan fingerprint density at radius 2 is 2.07 bits per heavy atom. The van der Waals surface area contributed by atoms with E-state index in [1.165, 1.54) is 10.8 Å². The van der Waals surface area contributed by atoms with Crippen LogP contribution in [0.25, 0.3) is 21.7 Å². The van der Waals surface area contributed by atoms with Crippen molar-refractivity contribution in [3.05, 3.63) is 47.0 Å². The lowest BCUT2D eigenvalue weighted by Crippen LogP contribution is -2.41. The molecule has 0 bridgehead atoms. The molecule has 3 rings (SSSR count). The second-order valence-corrected chi connectivity index (χ2v) is 6.70. The number of aromatic nitrogens is 2. The first-order valence-corrected chi connectivity index (χ1v) is 8.52. The van der Waals surface area contributed by atoms with Crippen LogP contribution >= 0.6 is 0 Å². The van der Waals surface area contributed by atoms with Crippen LogP contribution in [0.15, 0.2) is 41.5 Å². The van der Waals surface area contributed by atoms with Crippen molar-refractivity contribution in [1.29, 1.82) is 0 Å². The quantitative estimate of drug-likeness (QED) is 0.630. The summed E-state index contributed by atoms with van der Waals surface area (Å²) in [5.74, 6) is -2.70. The molecule has 148 valence electrons. The summed E-state index contributed by atoms with van der Waals surface area (Å²) in [6.45, 7) is 0.446. The number of rotatable bonds is 6. The van der Waals surface area contributed by atoms with Crippen molar-refractivity contribution in [2.45, 2.75) is 25.3 Å². The zero-order chi connectivity index (χ0) is 20.5. The molecule has 1 unspecified atom stereocenters. The number of carbonyl (C=O) groups is 1. The number of ether oxygens (including phenoxy) is 1. The fraction of sp³-hybridized carbons (Fsp3) is 0.316. The van der Waals surface area contributed by atoms with Gasteiger partial charge in [-0.25, -0.2) is 13.6 Å². The van der Waals surface area contributed by atoms with Gasteiger partial charge >= 0.3 is 6.09 Å². The molecule has 0 spiro atoms. The summed E-state index contributed by atoms with van der Waals surface area (Å²) in [7, 11) is 1.62. The van der Waals surface area contributed by atoms with Crippen molar-refractivity contribution >= 4 is 27.8 Å². The minimum absolute atomic E-state index is 0.219. The van der Waals surface area contributed by atoms with Gasteiger partial charge in [-0.1, -0.05) is 0 Å². The maximum Gasteiger partial charge on any atom is 0.405 e. The molecule has 0 saturated heterocycles. The molecule has 0 aliphatic carbocycles. The summed E-state index contributed by atoms with van der Waals surface area (Å²) in [5, 5.41) is 12.9. The number of alkyl halides is 2. The van der Waals surface area contributed by atoms with Gasteiger partial charge in [-0.3, -0.25) is 9.78 Å². The summed E-state index contributed by atoms with van der Waals surface area (Å²) >= 11 is 0. The van der Waals surface area contributed by atoms with Crippen LogP contribution in [0.3, 0.4) is 0 Å². The number of benzene rings is 1. The molecule has 0 fully saturated rings. The number of hydrogen-bond donors (Lipinski definition) is 2. The van der Waals surface area contributed by atoms with E-state index < -0.39 is 24.5 Å². The van der Waals surface area contributed by atoms with Crippen LogP contribution < -0.4 is 15.6 Å². The molecule has 2 heterocycles. The largest absolute Gasteiger partial charge is 0.491 e. The van der Waals surface area contributed by atoms with Gasteiger partial charge in [-0.05, 0) is 30.5 Å². The molecule has 3 aromatic rings. The van der Waals surface area contributed by atoms with E-state index in [4.69, 9.17) is 9.84 Å². The molecule has 0 radical (unpaired) electrons. The van der Waals surface area contributed by atoms with Crippen LogP contribution in [0.1, 0.15) is 13.3 Å². The van der Waals surface area contributed by atoms with E-state index in [2.05, 4.69) is 4.98 Å². The Balaban J connectivity index is 1.92. The van der Waals surface area contributed by atoms with Crippen LogP contribution in [-0.2, 0) is 7.05 Å². The third kappa shape index (κ3) is 4.19. The fourth-order valence-corrected chi connectivity index (χ4v) is 3.15. The van der Waals surface area contributed by atoms with Crippen molar-refractivity contribution in [2.75, 3.05) is 6.61 Å². The minimum Gasteiger partial charge on any atom is -0.491 e. The van der Waals surface area contributed by atoms with Crippen molar-refractivity contribution < 1.29 is 23.4 Å². The lowest BCUT2D eigenvalue weighted by Gasteiger charge is -2.21. The second kappa shape index (κ2) is 7.41. The minimum atomic E-state index is -3.04. The maximum atomic E-state index is 13.3. The standard InChI is InChI=1S/C19H19F2N3O4/c1-19(20,21)8-11(23-18(26)27)10-28-12-3-4-14-13-5-6-22-9-15(13)17(25)24(2)16(14)7-12/h3-7,9,11,23H,8,10H2,1-2H3,(H,26,27). The Kier molecular flexibility index (Phi) is 5.17. The molecule has 2 aromatic heterocycles. The molecule has 0 aliphatic rings. The topological polar surface area (TPSA) is 93.5 Å². The van der Waals surface area contributed by atoms with E-state index in [9.17, 15) is 18.4 Å². The van der Waals surface area contributed by atoms with E-state index in [1.807, 2.05) is 5.32 Å². The number of nitrogens with zero attached hydrogens (tertiary/aromatic N) is 2. The van der Waals surface area contributed by atoms with Crippen LogP contribution in [-0.4, -0.2) is 39.3 Å². The van der Waals surface area contributed by atoms with Gasteiger partial charge in [0.1, 0.15) is 12.4 Å². The highest BCUT2D eigenvalue weighted by molar-refractivity contribution is 6.05. The monoisotopic (exact) mass is 391 g/mol. The predicted molar refractivity (Wildman–Crippen MR) is 100 cm³/mol. The van der Waals surface area contributed by atoms with Gasteiger partial charge in [0, 0.05) is 37.3 Å². The summed E-state index contributed by atoms with van der Waals surface area (Å²) in [6, 6.07) is 5.70. The molecule has 1 atom stereocenters. The Morgan fingerprint density at radius 3 is 2.75 bits per heavy atom. The number of halogens is 2. The third-order valence-corrected chi connectivity index (χ3v) is 4.36. The number of amides is 1. The first kappa shape index (κ1) is 19.5. The zero-order valence-corrected chi connectivity index (χ0v) is 15.3. The van der Waals surface area contributed by atoms with Crippen LogP contribution in [0, 0.1) is 0 Å². The molecule has 1 amide bonds. The van der Waals surface area contributed by atoms with Crippen molar-refractivity contribution in [2.24, 2.45) is 7.05 Å². The molecule has 2 N–H and O–H groups in total. The molecule has 9 heteroatoms. The Labute approximate surface area is 158 Å². The van der Waals surface area contributed by atoms with Crippen LogP contribution in [0.4, 0.5) is 13.6 Å². The average molecular weight is 391 g/mol. The Bertz CT molecular complexity index is 1090. The highest BCUT2D eigenvalue weighted by Crippen LogP contribution is 2.26. The first-order chi connectivity index (χ1) is 13.2. The van der Waals surface area contributed by atoms with Gasteiger partial charge in [0.25, 0.3) is 5.56 Å². The summed E-state index contributed by atoms with van der Waals surface area (Å²) in [5.41, 5.74) is 0.383. The fourth-order valence-electron chi connectivity index (χ4n) is 3.15. The van der Waals surface area contributed by atoms with Gasteiger partial charge in [-0.2, -0.15) is 0 Å². The summed E-state index contributed by atoms with van der Waals surface area (Å²) < 4.78 is 33.5. The van der Waals surface area contributed by atoms with Crippen LogP contribution in [0.5, 0.6) is 5.75 Å². The number of aryl methyl sites for hydroxylation is 1. The number of hydrogen-bond acceptors (Lipinski definition) is 4. The van der Waals surface area contributed by atoms with Gasteiger partial charge in [-0.15, -0.1) is 0 Å². The average Bonchev–Trinajstić information content (AvgIpc) is 2.62. The van der Waals surface area contributed by atoms with Gasteiger partial charge in [0.05, 0.1) is 16.9 Å². The molecule has 7 nitrogen and oxygen atoms in total. The van der Waals surface area contributed by atoms with Crippen molar-refractivity contribution in [3.8, 4) is 5.75 Å². The second-order valence-electron chi connectivity index (χ2n) is 6.70. The van der Waals surface area contributed by atoms with E-state index in [0.29, 0.717) is 16.7 Å². The number of carboxylic acid groups (broad SMARTS) is 1. The molecule has 1 aromatic carbocycles. The SMILES string of the molecule is Cn1c(=O)c2cnccc2c2ccc(OCC(CC(C)(F)F)NC(=O)O)cc21. The van der Waals surface area contributed by atoms with Gasteiger partial charge in [0.15, 0.2) is 0 Å². The Morgan fingerprint density at radius 1 is 1.32 bits per heavy atom. The summed E-state index contributed by atoms with van der Waals surface area (Å²) in [6.07, 6.45) is 1.01. The third-order valence-electron chi connectivity index (χ3n) is 4.36. The summed E-state index contributed by atoms with van der Waals surface area (Å²) in [4.78, 5) is 27.3. The molecular formula is C19H19F2N3O4. The van der Waals surface area contributed by atoms with E-state index >= 15 is 0 Å². The van der Waals surface area contributed by atoms with E-state index in [0.717, 1.165) is 17.7 Å². The lowest BCUT2D eigenvalue weighted by molar-refractivity contribution is -0.00159. The number of pyridine rings is 2. The Hall–Kier alpha value is -3.23. The van der Waals surface area contributed by atoms with E-state index in [-0.39, 0.29) is 12.2 Å². The number of nitrogens with one attached hydrogen (secondary N) is 1. The predicted octanol–water partition coefficient (Wildman–Crippen LogP) is 3.15. The lowest BCUT2D eigenvalue weighted by atomic mass is 10.1. The van der Waals surface area contributed by atoms with E-state index in [1.54, 1.807) is 37.5 Å². The number of fused-ring (bicyclic) bond motifs is 3. The molecule has 0 aliphatic heterocycles. The van der Waals surface area contributed by atoms with Crippen molar-refractivity contribution in [1.82, 2.24) is 14.9 Å². The smallest absolute Gasteiger partial charge is 0.405 e. The highest BCUT2D eigenvalue weighted by atomic mass is 19.3. The highest BCUT2D eigenvalue weighted by Gasteiger charge is 2.28. The zero-order valence-electron chi connectivity index (χ0n) is 15.3. The molecular weight excluding hydrogens is 372 g/mol. The van der Waals surface area contributed by atoms with Crippen molar-refractivity contribution in [3.63, 3.8) is 0 Å². The normalized spacial score (nSPS) is 12.9. The maximum absolute atomic E-state index is 13.3. The van der Waals surface area contributed by atoms with Gasteiger partial charge in [0.2, 0.25) is 5.92 Å². The molecule has 28 heavy (non-hydrogen) atoms. The van der Waals surface area contributed by atoms with Gasteiger partial charge < -0.3 is 19.7 Å². The first-order valence-electron chi connectivity index (χ1n) is 8.52. The molecule has 0 saturated carbocycles.